The Labute approximate surface area is 264 Å². The second-order valence-corrected chi connectivity index (χ2v) is 12.7. The standard InChI is InChI=1S/C32H37F2N7O5/c1-18-12-19(28(42)35-5)13-21(25(18)33)22-14-37-41-16-23(26(39-27(22)41)38-20-6-11-44-17-20)24-15-36-29(45-24)32(34)7-9-40(10-8-32)30(43)46-31(2,3)4/h12-16,20H,6-11,17H2,1-5H3,(H,35,42)(H,38,39)/t20-/m0/s1. The third-order valence-electron chi connectivity index (χ3n) is 8.16. The number of aryl methyl sites for hydroxylation is 1. The number of fused-ring (bicyclic) bond motifs is 1. The number of alkyl halides is 1. The summed E-state index contributed by atoms with van der Waals surface area (Å²) in [4.78, 5) is 35.5. The van der Waals surface area contributed by atoms with Crippen molar-refractivity contribution in [2.24, 2.45) is 0 Å². The number of halogens is 2. The van der Waals surface area contributed by atoms with Crippen LogP contribution in [0.15, 0.2) is 35.1 Å². The molecule has 12 nitrogen and oxygen atoms in total. The number of piperidine rings is 1. The van der Waals surface area contributed by atoms with Crippen LogP contribution in [0.25, 0.3) is 28.1 Å². The monoisotopic (exact) mass is 637 g/mol. The van der Waals surface area contributed by atoms with Gasteiger partial charge in [0.05, 0.1) is 30.6 Å². The second kappa shape index (κ2) is 12.0. The van der Waals surface area contributed by atoms with Gasteiger partial charge in [0.15, 0.2) is 17.1 Å². The number of oxazole rings is 1. The van der Waals surface area contributed by atoms with Crippen molar-refractivity contribution in [3.05, 3.63) is 53.6 Å². The van der Waals surface area contributed by atoms with Crippen molar-refractivity contribution in [1.29, 1.82) is 0 Å². The number of amides is 2. The molecule has 244 valence electrons. The summed E-state index contributed by atoms with van der Waals surface area (Å²) in [5.41, 5.74) is -0.537. The van der Waals surface area contributed by atoms with Crippen molar-refractivity contribution >= 4 is 23.5 Å². The van der Waals surface area contributed by atoms with Crippen molar-refractivity contribution in [3.8, 4) is 22.5 Å². The van der Waals surface area contributed by atoms with Gasteiger partial charge in [-0.05, 0) is 51.8 Å². The van der Waals surface area contributed by atoms with E-state index in [1.807, 2.05) is 0 Å². The Bertz CT molecular complexity index is 1780. The normalized spacial score (nSPS) is 18.2. The summed E-state index contributed by atoms with van der Waals surface area (Å²) in [5.74, 6) is -0.260. The Kier molecular flexibility index (Phi) is 8.17. The molecule has 2 saturated heterocycles. The molecule has 1 atom stereocenters. The number of rotatable bonds is 6. The average molecular weight is 638 g/mol. The quantitative estimate of drug-likeness (QED) is 0.290. The molecule has 1 aromatic carbocycles. The average Bonchev–Trinajstić information content (AvgIpc) is 3.79. The van der Waals surface area contributed by atoms with Gasteiger partial charge in [0.25, 0.3) is 5.91 Å². The molecule has 2 aliphatic rings. The maximum atomic E-state index is 16.2. The van der Waals surface area contributed by atoms with Crippen molar-refractivity contribution in [3.63, 3.8) is 0 Å². The van der Waals surface area contributed by atoms with Crippen molar-refractivity contribution < 1.29 is 32.3 Å². The summed E-state index contributed by atoms with van der Waals surface area (Å²) in [6.45, 7) is 8.29. The van der Waals surface area contributed by atoms with Gasteiger partial charge >= 0.3 is 6.09 Å². The van der Waals surface area contributed by atoms with E-state index in [9.17, 15) is 9.59 Å². The van der Waals surface area contributed by atoms with Crippen LogP contribution < -0.4 is 10.6 Å². The number of likely N-dealkylation sites (tertiary alicyclic amines) is 1. The molecule has 2 aliphatic heterocycles. The van der Waals surface area contributed by atoms with E-state index in [1.54, 1.807) is 33.9 Å². The zero-order valence-corrected chi connectivity index (χ0v) is 26.4. The van der Waals surface area contributed by atoms with Crippen molar-refractivity contribution in [1.82, 2.24) is 29.8 Å². The number of nitrogens with zero attached hydrogens (tertiary/aromatic N) is 5. The number of ether oxygens (including phenoxy) is 2. The first-order valence-electron chi connectivity index (χ1n) is 15.2. The minimum absolute atomic E-state index is 0.00336. The lowest BCUT2D eigenvalue weighted by atomic mass is 9.93. The highest BCUT2D eigenvalue weighted by Gasteiger charge is 2.42. The summed E-state index contributed by atoms with van der Waals surface area (Å²) < 4.78 is 50.2. The van der Waals surface area contributed by atoms with Crippen LogP contribution >= 0.6 is 0 Å². The van der Waals surface area contributed by atoms with Crippen LogP contribution in [0, 0.1) is 12.7 Å². The third kappa shape index (κ3) is 6.13. The van der Waals surface area contributed by atoms with E-state index in [1.165, 1.54) is 41.0 Å². The predicted octanol–water partition coefficient (Wildman–Crippen LogP) is 5.25. The number of benzene rings is 1. The highest BCUT2D eigenvalue weighted by Crippen LogP contribution is 2.40. The van der Waals surface area contributed by atoms with Gasteiger partial charge in [0, 0.05) is 62.5 Å². The van der Waals surface area contributed by atoms with E-state index in [2.05, 4.69) is 20.7 Å². The van der Waals surface area contributed by atoms with E-state index < -0.39 is 23.2 Å². The topological polar surface area (TPSA) is 136 Å². The number of hydrogen-bond donors (Lipinski definition) is 2. The molecule has 0 spiro atoms. The van der Waals surface area contributed by atoms with Crippen molar-refractivity contribution in [2.45, 2.75) is 64.3 Å². The molecule has 2 fully saturated rings. The van der Waals surface area contributed by atoms with Gasteiger partial charge in [-0.15, -0.1) is 0 Å². The summed E-state index contributed by atoms with van der Waals surface area (Å²) in [7, 11) is 1.51. The van der Waals surface area contributed by atoms with E-state index in [-0.39, 0.29) is 55.1 Å². The number of hydrogen-bond acceptors (Lipinski definition) is 9. The van der Waals surface area contributed by atoms with E-state index >= 15 is 8.78 Å². The maximum Gasteiger partial charge on any atom is 0.410 e. The SMILES string of the molecule is CNC(=O)c1cc(C)c(F)c(-c2cnn3cc(-c4cnc(C5(F)CCN(C(=O)OC(C)(C)C)CC5)o4)c(N[C@H]4CCOC4)nc23)c1. The Morgan fingerprint density at radius 2 is 1.89 bits per heavy atom. The molecule has 3 aromatic heterocycles. The van der Waals surface area contributed by atoms with E-state index in [0.29, 0.717) is 46.9 Å². The largest absolute Gasteiger partial charge is 0.444 e. The molecular formula is C32H37F2N7O5. The fourth-order valence-electron chi connectivity index (χ4n) is 5.66. The molecule has 0 radical (unpaired) electrons. The number of carbonyl (C=O) groups is 2. The molecule has 0 aliphatic carbocycles. The van der Waals surface area contributed by atoms with Crippen LogP contribution in [0.1, 0.15) is 61.8 Å². The number of anilines is 1. The lowest BCUT2D eigenvalue weighted by Gasteiger charge is -2.35. The molecule has 2 N–H and O–H groups in total. The molecule has 0 saturated carbocycles. The van der Waals surface area contributed by atoms with Crippen LogP contribution in [-0.2, 0) is 15.1 Å². The van der Waals surface area contributed by atoms with Gasteiger partial charge in [-0.3, -0.25) is 4.79 Å². The molecule has 2 amide bonds. The van der Waals surface area contributed by atoms with Crippen LogP contribution in [0.5, 0.6) is 0 Å². The lowest BCUT2D eigenvalue weighted by Crippen LogP contribution is -2.45. The smallest absolute Gasteiger partial charge is 0.410 e. The summed E-state index contributed by atoms with van der Waals surface area (Å²) in [6.07, 6.45) is 4.84. The summed E-state index contributed by atoms with van der Waals surface area (Å²) >= 11 is 0. The molecule has 5 heterocycles. The number of aromatic nitrogens is 4. The van der Waals surface area contributed by atoms with Crippen molar-refractivity contribution in [2.75, 3.05) is 38.7 Å². The first-order valence-corrected chi connectivity index (χ1v) is 15.2. The zero-order chi connectivity index (χ0) is 32.8. The summed E-state index contributed by atoms with van der Waals surface area (Å²) in [6, 6.07) is 2.91. The van der Waals surface area contributed by atoms with Crippen LogP contribution in [-0.4, -0.2) is 81.5 Å². The highest BCUT2D eigenvalue weighted by atomic mass is 19.1. The van der Waals surface area contributed by atoms with Gasteiger partial charge in [0.1, 0.15) is 17.2 Å². The van der Waals surface area contributed by atoms with Gasteiger partial charge < -0.3 is 29.4 Å². The maximum absolute atomic E-state index is 16.2. The second-order valence-electron chi connectivity index (χ2n) is 12.7. The Morgan fingerprint density at radius 1 is 1.13 bits per heavy atom. The summed E-state index contributed by atoms with van der Waals surface area (Å²) in [5, 5.41) is 10.4. The van der Waals surface area contributed by atoms with Gasteiger partial charge in [-0.2, -0.15) is 5.10 Å². The van der Waals surface area contributed by atoms with Crippen LogP contribution in [0.3, 0.4) is 0 Å². The van der Waals surface area contributed by atoms with Crippen LogP contribution in [0.4, 0.5) is 19.4 Å². The van der Waals surface area contributed by atoms with Gasteiger partial charge in [-0.25, -0.2) is 28.1 Å². The Morgan fingerprint density at radius 3 is 2.57 bits per heavy atom. The van der Waals surface area contributed by atoms with E-state index in [4.69, 9.17) is 18.9 Å². The highest BCUT2D eigenvalue weighted by molar-refractivity contribution is 5.96. The molecular weight excluding hydrogens is 600 g/mol. The molecule has 6 rings (SSSR count). The minimum atomic E-state index is -1.88. The minimum Gasteiger partial charge on any atom is -0.444 e. The lowest BCUT2D eigenvalue weighted by molar-refractivity contribution is -0.00446. The van der Waals surface area contributed by atoms with Gasteiger partial charge in [-0.1, -0.05) is 0 Å². The van der Waals surface area contributed by atoms with Crippen LogP contribution in [0.2, 0.25) is 0 Å². The fraction of sp³-hybridized carbons (Fsp3) is 0.469. The Hall–Kier alpha value is -4.59. The molecule has 0 bridgehead atoms. The zero-order valence-electron chi connectivity index (χ0n) is 26.4. The third-order valence-corrected chi connectivity index (χ3v) is 8.16. The fourth-order valence-corrected chi connectivity index (χ4v) is 5.66. The van der Waals surface area contributed by atoms with E-state index in [0.717, 1.165) is 6.42 Å². The first-order chi connectivity index (χ1) is 21.8. The first kappa shape index (κ1) is 31.4. The molecule has 0 unspecified atom stereocenters. The molecule has 14 heteroatoms. The number of carbonyl (C=O) groups excluding carboxylic acids is 2. The number of nitrogens with one attached hydrogen (secondary N) is 2. The van der Waals surface area contributed by atoms with Gasteiger partial charge in [0.2, 0.25) is 5.89 Å². The Balaban J connectivity index is 1.34. The molecule has 46 heavy (non-hydrogen) atoms. The molecule has 4 aromatic rings. The predicted molar refractivity (Wildman–Crippen MR) is 165 cm³/mol.